The van der Waals surface area contributed by atoms with Crippen molar-refractivity contribution in [2.24, 2.45) is 0 Å². The third-order valence-corrected chi connectivity index (χ3v) is 1.34. The molecule has 0 heterocycles. The smallest absolute Gasteiger partial charge is 0.298 e. The molecule has 0 aliphatic rings. The Morgan fingerprint density at radius 3 is 1.47 bits per heavy atom. The first kappa shape index (κ1) is 15.3. The summed E-state index contributed by atoms with van der Waals surface area (Å²) >= 11 is 0. The largest absolute Gasteiger partial charge is 0.422 e. The molecular weight excluding hydrogens is 247 g/mol. The molecule has 1 rings (SSSR count). The minimum atomic E-state index is -2.31. The molecule has 17 heavy (non-hydrogen) atoms. The lowest BCUT2D eigenvalue weighted by molar-refractivity contribution is -0.121. The summed E-state index contributed by atoms with van der Waals surface area (Å²) in [5, 5.41) is 0. The van der Waals surface area contributed by atoms with Crippen molar-refractivity contribution < 1.29 is 31.5 Å². The fourth-order valence-electron chi connectivity index (χ4n) is 0.736. The van der Waals surface area contributed by atoms with Crippen LogP contribution in [0.5, 0.6) is 5.75 Å². The van der Waals surface area contributed by atoms with E-state index in [0.717, 1.165) is 0 Å². The molecule has 0 aromatic heterocycles. The monoisotopic (exact) mass is 256 g/mol. The van der Waals surface area contributed by atoms with Crippen molar-refractivity contribution in [1.29, 1.82) is 0 Å². The van der Waals surface area contributed by atoms with Gasteiger partial charge in [-0.2, -0.15) is 8.78 Å². The second-order valence-corrected chi connectivity index (χ2v) is 2.82. The molecule has 0 atom stereocenters. The van der Waals surface area contributed by atoms with Crippen LogP contribution >= 0.6 is 0 Å². The van der Waals surface area contributed by atoms with Crippen LogP contribution in [-0.4, -0.2) is 6.47 Å². The number of halogens is 5. The molecular formula is C10H9F5O2. The Hall–Kier alpha value is -1.66. The number of ether oxygens (including phenoxy) is 1. The van der Waals surface area contributed by atoms with E-state index in [1.165, 1.54) is 6.42 Å². The minimum Gasteiger partial charge on any atom is -0.422 e. The zero-order valence-electron chi connectivity index (χ0n) is 8.99. The molecule has 7 heteroatoms. The van der Waals surface area contributed by atoms with Crippen molar-refractivity contribution in [2.45, 2.75) is 20.3 Å². The van der Waals surface area contributed by atoms with E-state index in [-0.39, 0.29) is 0 Å². The van der Waals surface area contributed by atoms with E-state index in [1.807, 2.05) is 0 Å². The van der Waals surface area contributed by atoms with Crippen LogP contribution < -0.4 is 4.74 Å². The van der Waals surface area contributed by atoms with Gasteiger partial charge >= 0.3 is 0 Å². The third-order valence-electron chi connectivity index (χ3n) is 1.34. The molecule has 0 aliphatic carbocycles. The van der Waals surface area contributed by atoms with Crippen molar-refractivity contribution in [3.8, 4) is 5.75 Å². The number of benzene rings is 1. The first-order chi connectivity index (χ1) is 7.92. The van der Waals surface area contributed by atoms with Crippen LogP contribution in [0.15, 0.2) is 0 Å². The summed E-state index contributed by atoms with van der Waals surface area (Å²) in [6.45, 7) is 3.80. The Labute approximate surface area is 94.0 Å². The number of hydrogen-bond donors (Lipinski definition) is 0. The summed E-state index contributed by atoms with van der Waals surface area (Å²) in [5.74, 6) is -12.6. The molecule has 0 N–H and O–H groups in total. The first-order valence-corrected chi connectivity index (χ1v) is 4.53. The van der Waals surface area contributed by atoms with Crippen molar-refractivity contribution in [3.05, 3.63) is 29.1 Å². The van der Waals surface area contributed by atoms with Crippen LogP contribution in [0.1, 0.15) is 20.3 Å². The summed E-state index contributed by atoms with van der Waals surface area (Å²) in [6.07, 6.45) is 1.25. The zero-order valence-corrected chi connectivity index (χ0v) is 8.99. The molecule has 0 unspecified atom stereocenters. The average molecular weight is 256 g/mol. The fraction of sp³-hybridized carbons (Fsp3) is 0.300. The van der Waals surface area contributed by atoms with E-state index < -0.39 is 41.3 Å². The number of carbonyl (C=O) groups excluding carboxylic acids is 1. The molecule has 0 amide bonds. The lowest BCUT2D eigenvalue weighted by Crippen LogP contribution is -2.05. The molecule has 0 saturated carbocycles. The van der Waals surface area contributed by atoms with Crippen LogP contribution in [0.25, 0.3) is 0 Å². The molecule has 1 aromatic rings. The van der Waals surface area contributed by atoms with Gasteiger partial charge in [0.2, 0.25) is 34.8 Å². The van der Waals surface area contributed by atoms with Crippen molar-refractivity contribution in [1.82, 2.24) is 0 Å². The van der Waals surface area contributed by atoms with Gasteiger partial charge in [-0.3, -0.25) is 4.79 Å². The van der Waals surface area contributed by atoms with Gasteiger partial charge in [-0.15, -0.1) is 0 Å². The number of rotatable bonds is 2. The molecule has 1 aromatic carbocycles. The molecule has 0 bridgehead atoms. The first-order valence-electron chi connectivity index (χ1n) is 4.53. The highest BCUT2D eigenvalue weighted by Crippen LogP contribution is 2.28. The van der Waals surface area contributed by atoms with Gasteiger partial charge in [0, 0.05) is 0 Å². The maximum atomic E-state index is 12.6. The van der Waals surface area contributed by atoms with Crippen molar-refractivity contribution >= 4 is 6.47 Å². The van der Waals surface area contributed by atoms with Gasteiger partial charge in [-0.05, 0) is 0 Å². The Morgan fingerprint density at radius 2 is 1.18 bits per heavy atom. The van der Waals surface area contributed by atoms with Crippen LogP contribution in [0.4, 0.5) is 22.0 Å². The van der Waals surface area contributed by atoms with Gasteiger partial charge in [-0.1, -0.05) is 20.3 Å². The zero-order chi connectivity index (χ0) is 13.6. The molecule has 0 aliphatic heterocycles. The van der Waals surface area contributed by atoms with E-state index in [1.54, 1.807) is 0 Å². The molecule has 0 radical (unpaired) electrons. The van der Waals surface area contributed by atoms with Crippen LogP contribution in [0.3, 0.4) is 0 Å². The summed E-state index contributed by atoms with van der Waals surface area (Å²) < 4.78 is 65.9. The Morgan fingerprint density at radius 1 is 0.882 bits per heavy atom. The van der Waals surface area contributed by atoms with E-state index in [2.05, 4.69) is 18.6 Å². The number of carbonyl (C=O) groups is 1. The van der Waals surface area contributed by atoms with E-state index in [0.29, 0.717) is 0 Å². The highest BCUT2D eigenvalue weighted by Gasteiger charge is 2.26. The molecule has 0 fully saturated rings. The second kappa shape index (κ2) is 6.82. The lowest BCUT2D eigenvalue weighted by Gasteiger charge is -2.04. The second-order valence-electron chi connectivity index (χ2n) is 2.82. The van der Waals surface area contributed by atoms with E-state index in [9.17, 15) is 26.7 Å². The maximum Gasteiger partial charge on any atom is 0.298 e. The predicted octanol–water partition coefficient (Wildman–Crippen LogP) is 3.33. The van der Waals surface area contributed by atoms with Gasteiger partial charge in [-0.25, -0.2) is 13.2 Å². The van der Waals surface area contributed by atoms with Crippen LogP contribution in [0.2, 0.25) is 0 Å². The summed E-state index contributed by atoms with van der Waals surface area (Å²) in [4.78, 5) is 9.69. The Balaban J connectivity index is 0.000000770. The highest BCUT2D eigenvalue weighted by atomic mass is 19.2. The van der Waals surface area contributed by atoms with Crippen LogP contribution in [-0.2, 0) is 4.79 Å². The lowest BCUT2D eigenvalue weighted by atomic mass is 10.3. The van der Waals surface area contributed by atoms with Crippen molar-refractivity contribution in [2.75, 3.05) is 0 Å². The predicted molar refractivity (Wildman–Crippen MR) is 48.9 cm³/mol. The molecule has 2 nitrogen and oxygen atoms in total. The van der Waals surface area contributed by atoms with Crippen molar-refractivity contribution in [3.63, 3.8) is 0 Å². The fourth-order valence-corrected chi connectivity index (χ4v) is 0.736. The van der Waals surface area contributed by atoms with E-state index >= 15 is 0 Å². The SMILES string of the molecule is CCC.O=COc1c(F)c(F)c(F)c(F)c1F. The van der Waals surface area contributed by atoms with Crippen LogP contribution in [0, 0.1) is 29.1 Å². The Kier molecular flexibility index (Phi) is 6.16. The molecule has 96 valence electrons. The third kappa shape index (κ3) is 3.40. The standard InChI is InChI=1S/C7HF5O2.C3H8/c8-2-3(9)5(11)7(14-1-13)6(12)4(2)10;1-3-2/h1H;3H2,1-2H3. The summed E-state index contributed by atoms with van der Waals surface area (Å²) in [7, 11) is 0. The van der Waals surface area contributed by atoms with Gasteiger partial charge in [0.1, 0.15) is 0 Å². The quantitative estimate of drug-likeness (QED) is 0.351. The topological polar surface area (TPSA) is 26.3 Å². The van der Waals surface area contributed by atoms with Gasteiger partial charge < -0.3 is 4.74 Å². The molecule has 0 spiro atoms. The number of hydrogen-bond acceptors (Lipinski definition) is 2. The van der Waals surface area contributed by atoms with Gasteiger partial charge in [0.25, 0.3) is 6.47 Å². The average Bonchev–Trinajstić information content (AvgIpc) is 2.31. The summed E-state index contributed by atoms with van der Waals surface area (Å²) in [6, 6.07) is 0. The minimum absolute atomic E-state index is 0.446. The normalized spacial score (nSPS) is 9.35. The van der Waals surface area contributed by atoms with E-state index in [4.69, 9.17) is 0 Å². The Bertz CT molecular complexity index is 377. The van der Waals surface area contributed by atoms with Gasteiger partial charge in [0.05, 0.1) is 0 Å². The molecule has 0 saturated heterocycles. The maximum absolute atomic E-state index is 12.6. The summed E-state index contributed by atoms with van der Waals surface area (Å²) in [5.41, 5.74) is 0. The highest BCUT2D eigenvalue weighted by molar-refractivity contribution is 5.46. The van der Waals surface area contributed by atoms with Gasteiger partial charge in [0.15, 0.2) is 0 Å².